The van der Waals surface area contributed by atoms with Crippen molar-refractivity contribution in [3.8, 4) is 0 Å². The monoisotopic (exact) mass is 230 g/mol. The Kier molecular flexibility index (Phi) is 2.72. The van der Waals surface area contributed by atoms with Gasteiger partial charge in [-0.05, 0) is 25.2 Å². The average Bonchev–Trinajstić information content (AvgIpc) is 2.55. The molecule has 0 aromatic carbocycles. The van der Waals surface area contributed by atoms with E-state index in [1.54, 1.807) is 0 Å². The minimum absolute atomic E-state index is 0.0537. The zero-order chi connectivity index (χ0) is 12.0. The highest BCUT2D eigenvalue weighted by Gasteiger charge is 2.61. The van der Waals surface area contributed by atoms with Gasteiger partial charge in [-0.1, -0.05) is 18.9 Å². The third kappa shape index (κ3) is 1.73. The van der Waals surface area contributed by atoms with E-state index in [2.05, 4.69) is 18.9 Å². The Balaban J connectivity index is 2.22. The second-order valence-corrected chi connectivity index (χ2v) is 5.44. The second-order valence-electron chi connectivity index (χ2n) is 5.44. The maximum atomic E-state index is 11.0. The van der Waals surface area contributed by atoms with Crippen LogP contribution < -0.4 is 0 Å². The molecule has 0 spiro atoms. The second kappa shape index (κ2) is 3.68. The molecule has 5 heteroatoms. The summed E-state index contributed by atoms with van der Waals surface area (Å²) < 4.78 is 5.28. The van der Waals surface area contributed by atoms with E-state index in [1.165, 1.54) is 6.92 Å². The third-order valence-corrected chi connectivity index (χ3v) is 3.58. The predicted molar refractivity (Wildman–Crippen MR) is 54.0 cm³/mol. The first-order chi connectivity index (χ1) is 7.36. The van der Waals surface area contributed by atoms with Gasteiger partial charge in [-0.2, -0.15) is 9.78 Å². The quantitative estimate of drug-likeness (QED) is 0.507. The van der Waals surface area contributed by atoms with Gasteiger partial charge in [-0.3, -0.25) is 4.79 Å². The zero-order valence-corrected chi connectivity index (χ0v) is 10.1. The number of rotatable bonds is 1. The van der Waals surface area contributed by atoms with Crippen molar-refractivity contribution in [2.24, 2.45) is 5.41 Å². The summed E-state index contributed by atoms with van der Waals surface area (Å²) in [5.74, 6) is -0.305. The average molecular weight is 230 g/mol. The van der Waals surface area contributed by atoms with E-state index >= 15 is 0 Å². The normalized spacial score (nSPS) is 41.5. The van der Waals surface area contributed by atoms with Crippen LogP contribution in [0.2, 0.25) is 0 Å². The van der Waals surface area contributed by atoms with Crippen LogP contribution in [0, 0.1) is 5.41 Å². The highest BCUT2D eigenvalue weighted by molar-refractivity contribution is 5.66. The number of hydrogen-bond acceptors (Lipinski definition) is 5. The molecule has 2 aliphatic rings. The summed E-state index contributed by atoms with van der Waals surface area (Å²) in [5.41, 5.74) is -0.769. The van der Waals surface area contributed by atoms with Gasteiger partial charge in [0.15, 0.2) is 5.60 Å². The van der Waals surface area contributed by atoms with Crippen molar-refractivity contribution < 1.29 is 24.3 Å². The van der Waals surface area contributed by atoms with Crippen LogP contribution in [0.3, 0.4) is 0 Å². The van der Waals surface area contributed by atoms with E-state index in [4.69, 9.17) is 14.5 Å². The fraction of sp³-hybridized carbons (Fsp3) is 0.909. The fourth-order valence-corrected chi connectivity index (χ4v) is 2.70. The van der Waals surface area contributed by atoms with Crippen LogP contribution in [0.25, 0.3) is 0 Å². The number of fused-ring (bicyclic) bond motifs is 1. The Morgan fingerprint density at radius 3 is 2.69 bits per heavy atom. The topological polar surface area (TPSA) is 54.0 Å². The summed E-state index contributed by atoms with van der Waals surface area (Å²) in [6, 6.07) is 0. The Bertz CT molecular complexity index is 301. The highest BCUT2D eigenvalue weighted by atomic mass is 17.5. The van der Waals surface area contributed by atoms with E-state index < -0.39 is 5.60 Å². The Hall–Kier alpha value is -0.650. The van der Waals surface area contributed by atoms with E-state index in [9.17, 15) is 4.79 Å². The van der Waals surface area contributed by atoms with Crippen molar-refractivity contribution in [2.75, 3.05) is 0 Å². The Morgan fingerprint density at radius 1 is 1.38 bits per heavy atom. The summed E-state index contributed by atoms with van der Waals surface area (Å²) >= 11 is 0. The van der Waals surface area contributed by atoms with E-state index in [-0.39, 0.29) is 23.6 Å². The first-order valence-corrected chi connectivity index (χ1v) is 5.54. The molecule has 2 fully saturated rings. The van der Waals surface area contributed by atoms with Crippen LogP contribution in [-0.4, -0.2) is 23.8 Å². The van der Waals surface area contributed by atoms with Gasteiger partial charge in [0.1, 0.15) is 12.2 Å². The van der Waals surface area contributed by atoms with Crippen molar-refractivity contribution >= 4 is 5.97 Å². The fourth-order valence-electron chi connectivity index (χ4n) is 2.70. The largest absolute Gasteiger partial charge is 0.459 e. The SMILES string of the molecule is CC(=O)OC1CCC(C)(C)C2OOOC12C. The molecule has 1 aliphatic carbocycles. The van der Waals surface area contributed by atoms with Gasteiger partial charge < -0.3 is 4.74 Å². The minimum atomic E-state index is -0.715. The van der Waals surface area contributed by atoms with Gasteiger partial charge in [-0.15, -0.1) is 0 Å². The lowest BCUT2D eigenvalue weighted by atomic mass is 9.66. The Labute approximate surface area is 94.9 Å². The molecule has 92 valence electrons. The summed E-state index contributed by atoms with van der Waals surface area (Å²) in [6.07, 6.45) is 1.12. The molecule has 1 saturated carbocycles. The summed E-state index contributed by atoms with van der Waals surface area (Å²) in [5, 5.41) is 4.65. The lowest BCUT2D eigenvalue weighted by Crippen LogP contribution is -2.58. The number of ether oxygens (including phenoxy) is 1. The maximum Gasteiger partial charge on any atom is 0.303 e. The molecule has 0 N–H and O–H groups in total. The molecule has 0 aromatic rings. The number of carbonyl (C=O) groups excluding carboxylic acids is 1. The van der Waals surface area contributed by atoms with E-state index in [0.29, 0.717) is 0 Å². The van der Waals surface area contributed by atoms with E-state index in [1.807, 2.05) is 6.92 Å². The smallest absolute Gasteiger partial charge is 0.303 e. The van der Waals surface area contributed by atoms with Crippen LogP contribution in [0.5, 0.6) is 0 Å². The molecule has 3 unspecified atom stereocenters. The molecule has 1 saturated heterocycles. The maximum absolute atomic E-state index is 11.0. The molecule has 1 aliphatic heterocycles. The van der Waals surface area contributed by atoms with Crippen LogP contribution in [-0.2, 0) is 24.3 Å². The minimum Gasteiger partial charge on any atom is -0.459 e. The predicted octanol–water partition coefficient (Wildman–Crippen LogP) is 1.76. The van der Waals surface area contributed by atoms with Crippen LogP contribution in [0.1, 0.15) is 40.5 Å². The molecule has 16 heavy (non-hydrogen) atoms. The summed E-state index contributed by atoms with van der Waals surface area (Å²) in [4.78, 5) is 21.4. The van der Waals surface area contributed by atoms with Gasteiger partial charge in [0, 0.05) is 6.92 Å². The lowest BCUT2D eigenvalue weighted by molar-refractivity contribution is -0.477. The summed E-state index contributed by atoms with van der Waals surface area (Å²) in [6.45, 7) is 7.45. The first kappa shape index (κ1) is 11.8. The van der Waals surface area contributed by atoms with Gasteiger partial charge in [0.2, 0.25) is 0 Å². The zero-order valence-electron chi connectivity index (χ0n) is 10.1. The molecular formula is C11H18O5. The van der Waals surface area contributed by atoms with Gasteiger partial charge in [-0.25, -0.2) is 0 Å². The van der Waals surface area contributed by atoms with Crippen molar-refractivity contribution in [3.05, 3.63) is 0 Å². The summed E-state index contributed by atoms with van der Waals surface area (Å²) in [7, 11) is 0. The third-order valence-electron chi connectivity index (χ3n) is 3.58. The van der Waals surface area contributed by atoms with Crippen molar-refractivity contribution in [1.29, 1.82) is 0 Å². The van der Waals surface area contributed by atoms with E-state index in [0.717, 1.165) is 12.8 Å². The molecule has 0 amide bonds. The van der Waals surface area contributed by atoms with Crippen molar-refractivity contribution in [3.63, 3.8) is 0 Å². The van der Waals surface area contributed by atoms with Crippen molar-refractivity contribution in [2.45, 2.75) is 58.3 Å². The van der Waals surface area contributed by atoms with Crippen LogP contribution in [0.4, 0.5) is 0 Å². The van der Waals surface area contributed by atoms with Crippen LogP contribution in [0.15, 0.2) is 0 Å². The Morgan fingerprint density at radius 2 is 2.06 bits per heavy atom. The highest BCUT2D eigenvalue weighted by Crippen LogP contribution is 2.49. The molecular weight excluding hydrogens is 212 g/mol. The first-order valence-electron chi connectivity index (χ1n) is 5.54. The standard InChI is InChI=1S/C11H18O5/c1-7(12)13-8-5-6-10(2,3)9-11(8,4)15-16-14-9/h8-9H,5-6H2,1-4H3. The molecule has 1 heterocycles. The van der Waals surface area contributed by atoms with Crippen molar-refractivity contribution in [1.82, 2.24) is 0 Å². The van der Waals surface area contributed by atoms with Crippen LogP contribution >= 0.6 is 0 Å². The molecule has 2 rings (SSSR count). The molecule has 0 radical (unpaired) electrons. The lowest BCUT2D eigenvalue weighted by Gasteiger charge is -2.45. The number of carbonyl (C=O) groups is 1. The van der Waals surface area contributed by atoms with Gasteiger partial charge >= 0.3 is 5.97 Å². The van der Waals surface area contributed by atoms with Gasteiger partial charge in [0.05, 0.1) is 0 Å². The molecule has 0 bridgehead atoms. The number of esters is 1. The number of hydrogen-bond donors (Lipinski definition) is 0. The molecule has 5 nitrogen and oxygen atoms in total. The molecule has 3 atom stereocenters. The molecule has 0 aromatic heterocycles. The van der Waals surface area contributed by atoms with Gasteiger partial charge in [0.25, 0.3) is 0 Å².